The first kappa shape index (κ1) is 22.2. The topological polar surface area (TPSA) is 79.5 Å². The molecule has 2 aliphatic carbocycles. The van der Waals surface area contributed by atoms with Crippen molar-refractivity contribution in [2.75, 3.05) is 0 Å². The van der Waals surface area contributed by atoms with Gasteiger partial charge < -0.3 is 0 Å². The highest BCUT2D eigenvalue weighted by molar-refractivity contribution is 6.02. The third-order valence-corrected chi connectivity index (χ3v) is 7.84. The molecular formula is C30H23FN4O. The number of aromatic nitrogens is 3. The van der Waals surface area contributed by atoms with Gasteiger partial charge in [0, 0.05) is 39.6 Å². The Labute approximate surface area is 208 Å². The molecule has 6 heteroatoms. The van der Waals surface area contributed by atoms with Gasteiger partial charge in [0.15, 0.2) is 11.6 Å². The maximum atomic E-state index is 15.1. The van der Waals surface area contributed by atoms with E-state index in [1.807, 2.05) is 44.2 Å². The first-order valence-corrected chi connectivity index (χ1v) is 12.1. The Bertz CT molecular complexity index is 1630. The molecule has 0 fully saturated rings. The van der Waals surface area contributed by atoms with Crippen molar-refractivity contribution in [3.8, 4) is 28.7 Å². The van der Waals surface area contributed by atoms with Crippen LogP contribution in [0.4, 0.5) is 4.39 Å². The number of hydrogen-bond donors (Lipinski definition) is 0. The molecule has 0 saturated heterocycles. The average molecular weight is 475 g/mol. The average Bonchev–Trinajstić information content (AvgIpc) is 2.90. The molecule has 2 unspecified atom stereocenters. The van der Waals surface area contributed by atoms with Crippen LogP contribution in [0.5, 0.6) is 0 Å². The van der Waals surface area contributed by atoms with Crippen LogP contribution >= 0.6 is 0 Å². The molecule has 3 atom stereocenters. The van der Waals surface area contributed by atoms with Gasteiger partial charge in [-0.1, -0.05) is 50.3 Å². The minimum atomic E-state index is -0.665. The van der Waals surface area contributed by atoms with E-state index in [2.05, 4.69) is 11.1 Å². The number of rotatable bonds is 2. The first-order valence-electron chi connectivity index (χ1n) is 12.1. The van der Waals surface area contributed by atoms with E-state index in [-0.39, 0.29) is 29.0 Å². The van der Waals surface area contributed by atoms with Gasteiger partial charge in [-0.05, 0) is 43.0 Å². The number of pyridine rings is 1. The Hall–Kier alpha value is -4.24. The molecule has 2 aliphatic rings. The van der Waals surface area contributed by atoms with Gasteiger partial charge in [0.05, 0.1) is 22.5 Å². The monoisotopic (exact) mass is 474 g/mol. The smallest absolute Gasteiger partial charge is 0.176 e. The number of hydrogen-bond acceptors (Lipinski definition) is 5. The molecule has 36 heavy (non-hydrogen) atoms. The Morgan fingerprint density at radius 3 is 2.64 bits per heavy atom. The predicted octanol–water partition coefficient (Wildman–Crippen LogP) is 5.99. The second-order valence-corrected chi connectivity index (χ2v) is 9.83. The summed E-state index contributed by atoms with van der Waals surface area (Å²) in [5.41, 5.74) is 3.60. The third kappa shape index (κ3) is 3.20. The number of Topliss-reactive ketones (excluding diaryl/α,β-unsaturated/α-hetero) is 1. The number of nitrogens with zero attached hydrogens (tertiary/aromatic N) is 4. The Balaban J connectivity index is 1.70. The van der Waals surface area contributed by atoms with E-state index in [1.165, 1.54) is 6.07 Å². The zero-order chi connectivity index (χ0) is 25.0. The van der Waals surface area contributed by atoms with Crippen molar-refractivity contribution in [1.29, 1.82) is 5.26 Å². The van der Waals surface area contributed by atoms with E-state index in [9.17, 15) is 10.1 Å². The summed E-state index contributed by atoms with van der Waals surface area (Å²) in [5, 5.41) is 10.7. The number of allylic oxidation sites excluding steroid dienone is 2. The quantitative estimate of drug-likeness (QED) is 0.357. The minimum absolute atomic E-state index is 0.0172. The number of ketones is 1. The number of carbonyl (C=O) groups excluding carboxylic acids is 1. The lowest BCUT2D eigenvalue weighted by Crippen LogP contribution is -2.46. The van der Waals surface area contributed by atoms with Gasteiger partial charge in [-0.3, -0.25) is 9.78 Å². The lowest BCUT2D eigenvalue weighted by atomic mass is 9.57. The van der Waals surface area contributed by atoms with Gasteiger partial charge in [-0.25, -0.2) is 14.4 Å². The zero-order valence-electron chi connectivity index (χ0n) is 20.0. The van der Waals surface area contributed by atoms with E-state index < -0.39 is 5.41 Å². The molecular weight excluding hydrogens is 451 g/mol. The summed E-state index contributed by atoms with van der Waals surface area (Å²) >= 11 is 0. The molecule has 0 radical (unpaired) electrons. The molecule has 0 amide bonds. The van der Waals surface area contributed by atoms with E-state index in [0.29, 0.717) is 23.5 Å². The normalized spacial score (nSPS) is 22.9. The molecule has 4 aromatic rings. The third-order valence-electron chi connectivity index (χ3n) is 7.84. The largest absolute Gasteiger partial charge is 0.293 e. The summed E-state index contributed by atoms with van der Waals surface area (Å²) in [6.07, 6.45) is 4.86. The van der Waals surface area contributed by atoms with E-state index in [4.69, 9.17) is 9.97 Å². The highest BCUT2D eigenvalue weighted by atomic mass is 19.1. The number of para-hydroxylation sites is 1. The number of benzene rings is 2. The van der Waals surface area contributed by atoms with Crippen molar-refractivity contribution in [3.63, 3.8) is 0 Å². The zero-order valence-corrected chi connectivity index (χ0v) is 20.0. The van der Waals surface area contributed by atoms with Gasteiger partial charge in [0.25, 0.3) is 0 Å². The first-order chi connectivity index (χ1) is 17.4. The number of carbonyl (C=O) groups is 1. The summed E-state index contributed by atoms with van der Waals surface area (Å²) in [6, 6.07) is 18.4. The van der Waals surface area contributed by atoms with Crippen LogP contribution < -0.4 is 0 Å². The molecule has 2 aromatic heterocycles. The van der Waals surface area contributed by atoms with Crippen molar-refractivity contribution in [3.05, 3.63) is 89.5 Å². The SMILES string of the molecule is CC1C(=O)C(C#N)=C[C@@]2(C)c3nc(-c4cccc5cccnc45)nc(-c4ccccc4F)c3CCC12. The fourth-order valence-electron chi connectivity index (χ4n) is 6.05. The van der Waals surface area contributed by atoms with Gasteiger partial charge in [-0.2, -0.15) is 5.26 Å². The molecule has 5 nitrogen and oxygen atoms in total. The predicted molar refractivity (Wildman–Crippen MR) is 135 cm³/mol. The molecule has 0 saturated carbocycles. The lowest BCUT2D eigenvalue weighted by Gasteiger charge is -2.45. The van der Waals surface area contributed by atoms with Crippen LogP contribution in [0.25, 0.3) is 33.5 Å². The van der Waals surface area contributed by atoms with E-state index >= 15 is 4.39 Å². The highest BCUT2D eigenvalue weighted by Crippen LogP contribution is 2.51. The van der Waals surface area contributed by atoms with Crippen LogP contribution in [0.15, 0.2) is 72.4 Å². The molecule has 0 spiro atoms. The van der Waals surface area contributed by atoms with Gasteiger partial charge >= 0.3 is 0 Å². The van der Waals surface area contributed by atoms with Crippen LogP contribution in [-0.2, 0) is 16.6 Å². The standard InChI is InChI=1S/C30H23FN4O/c1-17-23-13-12-21-26(20-9-3-4-11-24(20)31)34-29(22-10-5-7-18-8-6-14-33-25(18)22)35-28(21)30(23,2)15-19(16-32)27(17)36/h3-11,14-15,17,23H,12-13H2,1-2H3/t17?,23?,30-/m1/s1. The van der Waals surface area contributed by atoms with Crippen molar-refractivity contribution >= 4 is 16.7 Å². The summed E-state index contributed by atoms with van der Waals surface area (Å²) in [6.45, 7) is 3.94. The summed E-state index contributed by atoms with van der Waals surface area (Å²) < 4.78 is 15.1. The van der Waals surface area contributed by atoms with Gasteiger partial charge in [0.1, 0.15) is 11.9 Å². The second-order valence-electron chi connectivity index (χ2n) is 9.83. The fraction of sp³-hybridized carbons (Fsp3) is 0.233. The summed E-state index contributed by atoms with van der Waals surface area (Å²) in [4.78, 5) is 27.5. The van der Waals surface area contributed by atoms with E-state index in [1.54, 1.807) is 30.5 Å². The van der Waals surface area contributed by atoms with Crippen molar-refractivity contribution in [1.82, 2.24) is 15.0 Å². The van der Waals surface area contributed by atoms with Crippen LogP contribution in [-0.4, -0.2) is 20.7 Å². The molecule has 0 N–H and O–H groups in total. The van der Waals surface area contributed by atoms with Gasteiger partial charge in [-0.15, -0.1) is 0 Å². The lowest BCUT2D eigenvalue weighted by molar-refractivity contribution is -0.121. The molecule has 6 rings (SSSR count). The summed E-state index contributed by atoms with van der Waals surface area (Å²) in [5.74, 6) is -0.346. The number of nitriles is 1. The van der Waals surface area contributed by atoms with E-state index in [0.717, 1.165) is 34.1 Å². The molecule has 0 bridgehead atoms. The Kier molecular flexibility index (Phi) is 5.04. The molecule has 2 heterocycles. The molecule has 0 aliphatic heterocycles. The van der Waals surface area contributed by atoms with Crippen LogP contribution in [0, 0.1) is 29.0 Å². The maximum Gasteiger partial charge on any atom is 0.176 e. The van der Waals surface area contributed by atoms with Crippen molar-refractivity contribution in [2.24, 2.45) is 11.8 Å². The van der Waals surface area contributed by atoms with Crippen molar-refractivity contribution < 1.29 is 9.18 Å². The maximum absolute atomic E-state index is 15.1. The minimum Gasteiger partial charge on any atom is -0.293 e. The Morgan fingerprint density at radius 2 is 1.83 bits per heavy atom. The van der Waals surface area contributed by atoms with Crippen molar-refractivity contribution in [2.45, 2.75) is 32.1 Å². The number of fused-ring (bicyclic) bond motifs is 4. The van der Waals surface area contributed by atoms with Crippen LogP contribution in [0.1, 0.15) is 31.5 Å². The summed E-state index contributed by atoms with van der Waals surface area (Å²) in [7, 11) is 0. The second kappa shape index (κ2) is 8.17. The molecule has 176 valence electrons. The van der Waals surface area contributed by atoms with Crippen LogP contribution in [0.2, 0.25) is 0 Å². The highest BCUT2D eigenvalue weighted by Gasteiger charge is 2.49. The molecule has 2 aromatic carbocycles. The van der Waals surface area contributed by atoms with Gasteiger partial charge in [0.2, 0.25) is 0 Å². The number of halogens is 1. The fourth-order valence-corrected chi connectivity index (χ4v) is 6.05. The van der Waals surface area contributed by atoms with Crippen LogP contribution in [0.3, 0.4) is 0 Å². The Morgan fingerprint density at radius 1 is 1.06 bits per heavy atom.